The van der Waals surface area contributed by atoms with Crippen molar-refractivity contribution in [2.75, 3.05) is 25.5 Å². The van der Waals surface area contributed by atoms with E-state index in [9.17, 15) is 9.90 Å². The molecule has 0 bridgehead atoms. The number of hydrogen-bond donors (Lipinski definition) is 3. The molecule has 0 radical (unpaired) electrons. The average Bonchev–Trinajstić information content (AvgIpc) is 3.06. The first-order chi connectivity index (χ1) is 10.6. The topological polar surface area (TPSA) is 85.7 Å². The summed E-state index contributed by atoms with van der Waals surface area (Å²) >= 11 is 0. The third kappa shape index (κ3) is 2.37. The first-order valence-corrected chi connectivity index (χ1v) is 7.00. The van der Waals surface area contributed by atoms with Gasteiger partial charge >= 0.3 is 0 Å². The summed E-state index contributed by atoms with van der Waals surface area (Å²) in [6, 6.07) is 7.28. The maximum absolute atomic E-state index is 12.3. The van der Waals surface area contributed by atoms with Crippen LogP contribution in [-0.4, -0.2) is 48.3 Å². The maximum Gasteiger partial charge on any atom is 0.211 e. The molecule has 1 unspecified atom stereocenters. The highest BCUT2D eigenvalue weighted by atomic mass is 16.5. The molecule has 2 aliphatic rings. The third-order valence-electron chi connectivity index (χ3n) is 3.69. The molecule has 0 saturated carbocycles. The number of carbonyl (C=O) groups is 1. The lowest BCUT2D eigenvalue weighted by molar-refractivity contribution is 0.0965. The molecule has 3 rings (SSSR count). The van der Waals surface area contributed by atoms with Gasteiger partial charge in [0.05, 0.1) is 24.4 Å². The number of rotatable bonds is 3. The molecule has 3 N–H and O–H groups in total. The number of para-hydroxylation sites is 1. The van der Waals surface area contributed by atoms with Crippen LogP contribution in [0.15, 0.2) is 47.5 Å². The summed E-state index contributed by atoms with van der Waals surface area (Å²) in [7, 11) is 1.83. The van der Waals surface area contributed by atoms with Gasteiger partial charge in [-0.25, -0.2) is 0 Å². The van der Waals surface area contributed by atoms with Crippen LogP contribution in [0.4, 0.5) is 5.69 Å². The first-order valence-electron chi connectivity index (χ1n) is 7.00. The number of anilines is 1. The van der Waals surface area contributed by atoms with Crippen molar-refractivity contribution in [2.45, 2.75) is 6.10 Å². The summed E-state index contributed by atoms with van der Waals surface area (Å²) in [5.41, 5.74) is 2.29. The SMILES string of the molecule is CN1CC(CO)O/C1=C(C=N)/C=C1/Nc2ccccc2C1=O. The molecule has 1 fully saturated rings. The minimum Gasteiger partial charge on any atom is -0.471 e. The second kappa shape index (κ2) is 5.65. The number of nitrogens with one attached hydrogen (secondary N) is 2. The number of benzene rings is 1. The number of ketones is 1. The number of allylic oxidation sites excluding steroid dienone is 3. The highest BCUT2D eigenvalue weighted by molar-refractivity contribution is 6.18. The molecule has 1 saturated heterocycles. The molecule has 0 aromatic heterocycles. The van der Waals surface area contributed by atoms with E-state index in [0.717, 1.165) is 11.9 Å². The summed E-state index contributed by atoms with van der Waals surface area (Å²) in [6.07, 6.45) is 2.45. The number of carbonyl (C=O) groups excluding carboxylic acids is 1. The van der Waals surface area contributed by atoms with Gasteiger partial charge in [-0.05, 0) is 18.2 Å². The monoisotopic (exact) mass is 299 g/mol. The van der Waals surface area contributed by atoms with Crippen molar-refractivity contribution in [3.05, 3.63) is 53.1 Å². The Labute approximate surface area is 128 Å². The van der Waals surface area contributed by atoms with Crippen LogP contribution in [0.2, 0.25) is 0 Å². The summed E-state index contributed by atoms with van der Waals surface area (Å²) in [5, 5.41) is 19.8. The number of Topliss-reactive ketones (excluding diaryl/α,β-unsaturated/α-hetero) is 1. The van der Waals surface area contributed by atoms with Crippen molar-refractivity contribution in [3.63, 3.8) is 0 Å². The first kappa shape index (κ1) is 14.3. The number of nitrogens with zero attached hydrogens (tertiary/aromatic N) is 1. The lowest BCUT2D eigenvalue weighted by Gasteiger charge is -2.12. The van der Waals surface area contributed by atoms with Gasteiger partial charge < -0.3 is 25.5 Å². The predicted molar refractivity (Wildman–Crippen MR) is 82.9 cm³/mol. The van der Waals surface area contributed by atoms with Gasteiger partial charge in [0.25, 0.3) is 0 Å². The van der Waals surface area contributed by atoms with Crippen LogP contribution in [-0.2, 0) is 4.74 Å². The van der Waals surface area contributed by atoms with Gasteiger partial charge in [0, 0.05) is 24.5 Å². The zero-order valence-electron chi connectivity index (χ0n) is 12.2. The van der Waals surface area contributed by atoms with Crippen LogP contribution >= 0.6 is 0 Å². The minimum atomic E-state index is -0.308. The Hall–Kier alpha value is -2.60. The Morgan fingerprint density at radius 1 is 1.55 bits per heavy atom. The molecule has 0 aliphatic carbocycles. The molecule has 2 aliphatic heterocycles. The molecule has 6 heteroatoms. The minimum absolute atomic E-state index is 0.0850. The fourth-order valence-corrected chi connectivity index (χ4v) is 2.62. The highest BCUT2D eigenvalue weighted by Crippen LogP contribution is 2.29. The quantitative estimate of drug-likeness (QED) is 0.579. The Morgan fingerprint density at radius 3 is 2.95 bits per heavy atom. The zero-order chi connectivity index (χ0) is 15.7. The molecule has 114 valence electrons. The van der Waals surface area contributed by atoms with Gasteiger partial charge in [0.1, 0.15) is 6.10 Å². The molecule has 6 nitrogen and oxygen atoms in total. The van der Waals surface area contributed by atoms with Crippen molar-refractivity contribution >= 4 is 17.7 Å². The predicted octanol–water partition coefficient (Wildman–Crippen LogP) is 1.36. The summed E-state index contributed by atoms with van der Waals surface area (Å²) < 4.78 is 5.62. The van der Waals surface area contributed by atoms with Crippen molar-refractivity contribution in [1.82, 2.24) is 4.90 Å². The van der Waals surface area contributed by atoms with Gasteiger partial charge in [-0.1, -0.05) is 12.1 Å². The Bertz CT molecular complexity index is 694. The van der Waals surface area contributed by atoms with Gasteiger partial charge in [-0.2, -0.15) is 0 Å². The molecular formula is C16H17N3O3. The van der Waals surface area contributed by atoms with Crippen molar-refractivity contribution in [2.24, 2.45) is 0 Å². The number of fused-ring (bicyclic) bond motifs is 1. The molecular weight excluding hydrogens is 282 g/mol. The van der Waals surface area contributed by atoms with Gasteiger partial charge in [0.15, 0.2) is 5.88 Å². The fraction of sp³-hybridized carbons (Fsp3) is 0.250. The molecule has 1 atom stereocenters. The van der Waals surface area contributed by atoms with E-state index >= 15 is 0 Å². The Morgan fingerprint density at radius 2 is 2.32 bits per heavy atom. The Kier molecular flexibility index (Phi) is 3.68. The Balaban J connectivity index is 1.94. The van der Waals surface area contributed by atoms with Crippen LogP contribution in [0.5, 0.6) is 0 Å². The van der Waals surface area contributed by atoms with Gasteiger partial charge in [-0.15, -0.1) is 0 Å². The summed E-state index contributed by atoms with van der Waals surface area (Å²) in [5.74, 6) is 0.391. The number of aliphatic hydroxyl groups is 1. The second-order valence-corrected chi connectivity index (χ2v) is 5.27. The summed E-state index contributed by atoms with van der Waals surface area (Å²) in [6.45, 7) is 0.465. The molecule has 1 aromatic rings. The number of likely N-dealkylation sites (N-methyl/N-ethyl adjacent to an activating group) is 1. The number of aliphatic hydroxyl groups excluding tert-OH is 1. The van der Waals surface area contributed by atoms with E-state index in [-0.39, 0.29) is 18.5 Å². The lowest BCUT2D eigenvalue weighted by Crippen LogP contribution is -2.19. The standard InChI is InChI=1S/C16H17N3O3/c1-19-8-11(9-20)22-16(19)10(7-17)6-14-15(21)12-4-2-3-5-13(12)18-14/h2-7,11,17-18,20H,8-9H2,1H3/b14-6+,16-10-,17-7?. The van der Waals surface area contributed by atoms with Crippen molar-refractivity contribution in [3.8, 4) is 0 Å². The lowest BCUT2D eigenvalue weighted by atomic mass is 10.1. The van der Waals surface area contributed by atoms with Gasteiger partial charge in [0.2, 0.25) is 5.78 Å². The van der Waals surface area contributed by atoms with E-state index in [0.29, 0.717) is 29.3 Å². The van der Waals surface area contributed by atoms with E-state index in [1.165, 1.54) is 0 Å². The summed E-state index contributed by atoms with van der Waals surface area (Å²) in [4.78, 5) is 14.2. The van der Waals surface area contributed by atoms with Crippen LogP contribution in [0.3, 0.4) is 0 Å². The maximum atomic E-state index is 12.3. The molecule has 2 heterocycles. The highest BCUT2D eigenvalue weighted by Gasteiger charge is 2.28. The fourth-order valence-electron chi connectivity index (χ4n) is 2.62. The third-order valence-corrected chi connectivity index (χ3v) is 3.69. The second-order valence-electron chi connectivity index (χ2n) is 5.27. The normalized spacial score (nSPS) is 24.1. The van der Waals surface area contributed by atoms with E-state index in [4.69, 9.17) is 10.1 Å². The van der Waals surface area contributed by atoms with Crippen molar-refractivity contribution < 1.29 is 14.6 Å². The van der Waals surface area contributed by atoms with E-state index in [1.807, 2.05) is 30.1 Å². The largest absolute Gasteiger partial charge is 0.471 e. The average molecular weight is 299 g/mol. The van der Waals surface area contributed by atoms with Crippen LogP contribution in [0.1, 0.15) is 10.4 Å². The van der Waals surface area contributed by atoms with Crippen LogP contribution in [0, 0.1) is 5.41 Å². The van der Waals surface area contributed by atoms with Crippen LogP contribution in [0.25, 0.3) is 0 Å². The van der Waals surface area contributed by atoms with E-state index < -0.39 is 0 Å². The molecule has 1 aromatic carbocycles. The molecule has 22 heavy (non-hydrogen) atoms. The molecule has 0 spiro atoms. The number of hydrogen-bond acceptors (Lipinski definition) is 6. The molecule has 0 amide bonds. The van der Waals surface area contributed by atoms with Crippen molar-refractivity contribution in [1.29, 1.82) is 5.41 Å². The van der Waals surface area contributed by atoms with Gasteiger partial charge in [-0.3, -0.25) is 4.79 Å². The number of ether oxygens (including phenoxy) is 1. The van der Waals surface area contributed by atoms with Crippen LogP contribution < -0.4 is 5.32 Å². The smallest absolute Gasteiger partial charge is 0.211 e. The van der Waals surface area contributed by atoms with E-state index in [1.54, 1.807) is 12.1 Å². The zero-order valence-corrected chi connectivity index (χ0v) is 12.2. The van der Waals surface area contributed by atoms with E-state index in [2.05, 4.69) is 5.32 Å².